The molecule has 0 radical (unpaired) electrons. The number of halogens is 1. The Hall–Kier alpha value is -2.40. The van der Waals surface area contributed by atoms with Crippen molar-refractivity contribution in [2.24, 2.45) is 0 Å². The van der Waals surface area contributed by atoms with Crippen molar-refractivity contribution in [2.75, 3.05) is 32.1 Å². The molecule has 27 heavy (non-hydrogen) atoms. The smallest absolute Gasteiger partial charge is 0.254 e. The molecule has 0 saturated carbocycles. The summed E-state index contributed by atoms with van der Waals surface area (Å²) in [6, 6.07) is 12.8. The highest BCUT2D eigenvalue weighted by molar-refractivity contribution is 5.94. The van der Waals surface area contributed by atoms with Crippen LogP contribution in [-0.2, 0) is 11.3 Å². The topological polar surface area (TPSA) is 32.8 Å². The van der Waals surface area contributed by atoms with E-state index in [-0.39, 0.29) is 17.8 Å². The van der Waals surface area contributed by atoms with Gasteiger partial charge < -0.3 is 14.5 Å². The van der Waals surface area contributed by atoms with Crippen LogP contribution in [0.5, 0.6) is 0 Å². The van der Waals surface area contributed by atoms with E-state index in [1.54, 1.807) is 24.0 Å². The molecule has 4 nitrogen and oxygen atoms in total. The number of benzene rings is 2. The van der Waals surface area contributed by atoms with E-state index in [0.29, 0.717) is 24.2 Å². The van der Waals surface area contributed by atoms with Crippen molar-refractivity contribution in [3.05, 3.63) is 65.0 Å². The minimum atomic E-state index is -0.353. The first-order valence-electron chi connectivity index (χ1n) is 9.37. The zero-order chi connectivity index (χ0) is 19.4. The lowest BCUT2D eigenvalue weighted by Gasteiger charge is -2.26. The molecule has 0 aromatic heterocycles. The molecule has 1 fully saturated rings. The molecule has 2 aromatic rings. The number of carbonyl (C=O) groups excluding carboxylic acids is 1. The largest absolute Gasteiger partial charge is 0.378 e. The zero-order valence-corrected chi connectivity index (χ0v) is 16.2. The molecule has 0 N–H and O–H groups in total. The quantitative estimate of drug-likeness (QED) is 0.770. The van der Waals surface area contributed by atoms with Gasteiger partial charge in [0, 0.05) is 45.0 Å². The maximum Gasteiger partial charge on any atom is 0.254 e. The average molecular weight is 370 g/mol. The second-order valence-corrected chi connectivity index (χ2v) is 7.35. The summed E-state index contributed by atoms with van der Waals surface area (Å²) in [5.41, 5.74) is 3.06. The van der Waals surface area contributed by atoms with Gasteiger partial charge in [0.1, 0.15) is 5.82 Å². The normalized spacial score (nSPS) is 16.4. The molecule has 1 amide bonds. The van der Waals surface area contributed by atoms with Gasteiger partial charge in [-0.2, -0.15) is 0 Å². The maximum atomic E-state index is 14.0. The van der Waals surface area contributed by atoms with Crippen LogP contribution in [0.1, 0.15) is 34.3 Å². The van der Waals surface area contributed by atoms with Gasteiger partial charge in [-0.25, -0.2) is 4.39 Å². The zero-order valence-electron chi connectivity index (χ0n) is 16.2. The summed E-state index contributed by atoms with van der Waals surface area (Å²) in [5, 5.41) is 0. The molecule has 1 aliphatic heterocycles. The third kappa shape index (κ3) is 4.86. The summed E-state index contributed by atoms with van der Waals surface area (Å²) in [4.78, 5) is 16.9. The van der Waals surface area contributed by atoms with E-state index in [2.05, 4.69) is 0 Å². The molecule has 144 valence electrons. The van der Waals surface area contributed by atoms with Gasteiger partial charge in [-0.3, -0.25) is 4.79 Å². The van der Waals surface area contributed by atoms with E-state index in [9.17, 15) is 9.18 Å². The van der Waals surface area contributed by atoms with Crippen LogP contribution in [-0.4, -0.2) is 44.2 Å². The van der Waals surface area contributed by atoms with Crippen LogP contribution in [0.2, 0.25) is 0 Å². The monoisotopic (exact) mass is 370 g/mol. The van der Waals surface area contributed by atoms with Crippen LogP contribution in [0.4, 0.5) is 10.1 Å². The predicted molar refractivity (Wildman–Crippen MR) is 106 cm³/mol. The molecule has 1 unspecified atom stereocenters. The van der Waals surface area contributed by atoms with E-state index in [1.807, 2.05) is 43.3 Å². The van der Waals surface area contributed by atoms with Crippen molar-refractivity contribution in [1.29, 1.82) is 0 Å². The second-order valence-electron chi connectivity index (χ2n) is 7.35. The van der Waals surface area contributed by atoms with E-state index in [0.717, 1.165) is 30.7 Å². The number of hydrogen-bond acceptors (Lipinski definition) is 3. The van der Waals surface area contributed by atoms with Gasteiger partial charge in [0.05, 0.1) is 6.10 Å². The molecule has 1 heterocycles. The summed E-state index contributed by atoms with van der Waals surface area (Å²) in [5.74, 6) is -0.519. The number of aryl methyl sites for hydroxylation is 1. The first-order valence-corrected chi connectivity index (χ1v) is 9.37. The number of anilines is 1. The van der Waals surface area contributed by atoms with Crippen LogP contribution in [0.25, 0.3) is 0 Å². The Labute approximate surface area is 160 Å². The van der Waals surface area contributed by atoms with Crippen LogP contribution in [0.3, 0.4) is 0 Å². The third-order valence-electron chi connectivity index (χ3n) is 4.98. The van der Waals surface area contributed by atoms with Crippen molar-refractivity contribution in [3.8, 4) is 0 Å². The lowest BCUT2D eigenvalue weighted by atomic mass is 10.1. The maximum absolute atomic E-state index is 14.0. The second kappa shape index (κ2) is 8.53. The standard InChI is InChI=1S/C22H27FN2O2/c1-16-6-9-18(13-21(16)23)22(26)25(15-20-5-4-12-27-20)14-17-7-10-19(11-8-17)24(2)3/h6-11,13,20H,4-5,12,14-15H2,1-3H3. The lowest BCUT2D eigenvalue weighted by Crippen LogP contribution is -2.37. The highest BCUT2D eigenvalue weighted by Gasteiger charge is 2.24. The van der Waals surface area contributed by atoms with Crippen LogP contribution in [0.15, 0.2) is 42.5 Å². The Morgan fingerprint density at radius 3 is 2.52 bits per heavy atom. The molecular weight excluding hydrogens is 343 g/mol. The fourth-order valence-electron chi connectivity index (χ4n) is 3.28. The summed E-state index contributed by atoms with van der Waals surface area (Å²) in [6.45, 7) is 3.43. The van der Waals surface area contributed by atoms with Gasteiger partial charge in [0.25, 0.3) is 5.91 Å². The Balaban J connectivity index is 1.80. The van der Waals surface area contributed by atoms with Crippen molar-refractivity contribution in [2.45, 2.75) is 32.4 Å². The molecule has 2 aromatic carbocycles. The molecule has 1 saturated heterocycles. The molecule has 5 heteroatoms. The highest BCUT2D eigenvalue weighted by Crippen LogP contribution is 2.20. The van der Waals surface area contributed by atoms with Crippen molar-refractivity contribution < 1.29 is 13.9 Å². The first-order chi connectivity index (χ1) is 12.9. The van der Waals surface area contributed by atoms with E-state index in [1.165, 1.54) is 6.07 Å². The summed E-state index contributed by atoms with van der Waals surface area (Å²) in [6.07, 6.45) is 2.01. The molecule has 1 atom stereocenters. The SMILES string of the molecule is Cc1ccc(C(=O)N(Cc2ccc(N(C)C)cc2)CC2CCCO2)cc1F. The molecule has 3 rings (SSSR count). The van der Waals surface area contributed by atoms with Crippen LogP contribution in [0, 0.1) is 12.7 Å². The van der Waals surface area contributed by atoms with Gasteiger partial charge in [0.15, 0.2) is 0 Å². The minimum Gasteiger partial charge on any atom is -0.378 e. The molecule has 0 aliphatic carbocycles. The highest BCUT2D eigenvalue weighted by atomic mass is 19.1. The summed E-state index contributed by atoms with van der Waals surface area (Å²) >= 11 is 0. The molecule has 0 spiro atoms. The number of ether oxygens (including phenoxy) is 1. The van der Waals surface area contributed by atoms with Gasteiger partial charge in [0.2, 0.25) is 0 Å². The van der Waals surface area contributed by atoms with Crippen molar-refractivity contribution in [1.82, 2.24) is 4.90 Å². The Kier molecular flexibility index (Phi) is 6.11. The average Bonchev–Trinajstić information content (AvgIpc) is 3.16. The number of amides is 1. The molecule has 0 bridgehead atoms. The van der Waals surface area contributed by atoms with Gasteiger partial charge in [-0.05, 0) is 55.2 Å². The lowest BCUT2D eigenvalue weighted by molar-refractivity contribution is 0.0507. The van der Waals surface area contributed by atoms with Gasteiger partial charge >= 0.3 is 0 Å². The number of hydrogen-bond donors (Lipinski definition) is 0. The van der Waals surface area contributed by atoms with E-state index in [4.69, 9.17) is 4.74 Å². The minimum absolute atomic E-state index is 0.0466. The predicted octanol–water partition coefficient (Wildman–Crippen LogP) is 4.02. The Morgan fingerprint density at radius 2 is 1.93 bits per heavy atom. The summed E-state index contributed by atoms with van der Waals surface area (Å²) < 4.78 is 19.7. The van der Waals surface area contributed by atoms with Crippen LogP contribution < -0.4 is 4.90 Å². The number of rotatable bonds is 6. The fourth-order valence-corrected chi connectivity index (χ4v) is 3.28. The third-order valence-corrected chi connectivity index (χ3v) is 4.98. The Bertz CT molecular complexity index is 783. The molecule has 1 aliphatic rings. The van der Waals surface area contributed by atoms with Crippen molar-refractivity contribution in [3.63, 3.8) is 0 Å². The van der Waals surface area contributed by atoms with Gasteiger partial charge in [-0.15, -0.1) is 0 Å². The molecular formula is C22H27FN2O2. The first kappa shape index (κ1) is 19.4. The van der Waals surface area contributed by atoms with Crippen LogP contribution >= 0.6 is 0 Å². The number of carbonyl (C=O) groups is 1. The summed E-state index contributed by atoms with van der Waals surface area (Å²) in [7, 11) is 3.99. The fraction of sp³-hybridized carbons (Fsp3) is 0.409. The van der Waals surface area contributed by atoms with Crippen molar-refractivity contribution >= 4 is 11.6 Å². The van der Waals surface area contributed by atoms with Gasteiger partial charge in [-0.1, -0.05) is 18.2 Å². The Morgan fingerprint density at radius 1 is 1.19 bits per heavy atom. The van der Waals surface area contributed by atoms with E-state index >= 15 is 0 Å². The number of nitrogens with zero attached hydrogens (tertiary/aromatic N) is 2. The van der Waals surface area contributed by atoms with E-state index < -0.39 is 0 Å².